The van der Waals surface area contributed by atoms with Crippen LogP contribution in [0, 0.1) is 0 Å². The van der Waals surface area contributed by atoms with Gasteiger partial charge in [0.05, 0.1) is 24.6 Å². The third-order valence-corrected chi connectivity index (χ3v) is 4.08. The highest BCUT2D eigenvalue weighted by Gasteiger charge is 2.06. The van der Waals surface area contributed by atoms with Crippen molar-refractivity contribution >= 4 is 11.4 Å². The summed E-state index contributed by atoms with van der Waals surface area (Å²) in [5.41, 5.74) is 15.7. The zero-order valence-electron chi connectivity index (χ0n) is 15.4. The Morgan fingerprint density at radius 1 is 0.720 bits per heavy atom. The molecule has 0 aliphatic heterocycles. The van der Waals surface area contributed by atoms with Crippen LogP contribution in [-0.2, 0) is 6.42 Å². The first-order valence-electron chi connectivity index (χ1n) is 9.16. The lowest BCUT2D eigenvalue weighted by Gasteiger charge is -2.12. The summed E-state index contributed by atoms with van der Waals surface area (Å²) in [6.45, 7) is 5.68. The van der Waals surface area contributed by atoms with Gasteiger partial charge in [0, 0.05) is 0 Å². The van der Waals surface area contributed by atoms with Crippen LogP contribution in [0.25, 0.3) is 0 Å². The molecular weight excluding hydrogens is 312 g/mol. The molecule has 0 fully saturated rings. The van der Waals surface area contributed by atoms with Gasteiger partial charge in [-0.2, -0.15) is 0 Å². The predicted octanol–water partition coefficient (Wildman–Crippen LogP) is 4.80. The number of nitrogens with two attached hydrogens (primary N) is 2. The van der Waals surface area contributed by atoms with Crippen molar-refractivity contribution in [2.45, 2.75) is 46.0 Å². The third kappa shape index (κ3) is 5.89. The Morgan fingerprint density at radius 2 is 1.16 bits per heavy atom. The van der Waals surface area contributed by atoms with Crippen molar-refractivity contribution in [1.82, 2.24) is 0 Å². The number of anilines is 2. The van der Waals surface area contributed by atoms with Crippen LogP contribution in [0.1, 0.15) is 50.7 Å². The van der Waals surface area contributed by atoms with Crippen LogP contribution in [0.2, 0.25) is 0 Å². The number of rotatable bonds is 10. The first-order chi connectivity index (χ1) is 12.1. The van der Waals surface area contributed by atoms with Gasteiger partial charge in [-0.3, -0.25) is 0 Å². The average molecular weight is 342 g/mol. The fraction of sp³-hybridized carbons (Fsp3) is 0.429. The summed E-state index contributed by atoms with van der Waals surface area (Å²) in [5.74, 6) is 1.53. The van der Waals surface area contributed by atoms with E-state index in [1.165, 1.54) is 0 Å². The van der Waals surface area contributed by atoms with Gasteiger partial charge < -0.3 is 20.9 Å². The van der Waals surface area contributed by atoms with Crippen LogP contribution in [0.15, 0.2) is 36.4 Å². The summed E-state index contributed by atoms with van der Waals surface area (Å²) < 4.78 is 11.6. The molecule has 0 bridgehead atoms. The van der Waals surface area contributed by atoms with Gasteiger partial charge in [-0.25, -0.2) is 0 Å². The van der Waals surface area contributed by atoms with Crippen LogP contribution < -0.4 is 20.9 Å². The van der Waals surface area contributed by atoms with E-state index in [1.54, 1.807) is 0 Å². The summed E-state index contributed by atoms with van der Waals surface area (Å²) in [7, 11) is 0. The Kier molecular flexibility index (Phi) is 7.45. The normalized spacial score (nSPS) is 10.6. The molecule has 0 atom stereocenters. The minimum Gasteiger partial charge on any atom is -0.491 e. The Labute approximate surface area is 151 Å². The molecule has 0 radical (unpaired) electrons. The lowest BCUT2D eigenvalue weighted by molar-refractivity contribution is 0.310. The van der Waals surface area contributed by atoms with Gasteiger partial charge in [-0.1, -0.05) is 38.8 Å². The second-order valence-electron chi connectivity index (χ2n) is 6.33. The van der Waals surface area contributed by atoms with Crippen molar-refractivity contribution in [3.8, 4) is 11.5 Å². The topological polar surface area (TPSA) is 70.5 Å². The van der Waals surface area contributed by atoms with E-state index in [1.807, 2.05) is 36.4 Å². The minimum absolute atomic E-state index is 0.681. The second kappa shape index (κ2) is 9.82. The van der Waals surface area contributed by atoms with Crippen molar-refractivity contribution in [3.63, 3.8) is 0 Å². The SMILES string of the molecule is CCCCOc1cc(Cc2ccc(N)c(OCCCC)c2)ccc1N. The van der Waals surface area contributed by atoms with E-state index in [0.717, 1.165) is 54.7 Å². The number of hydrogen-bond acceptors (Lipinski definition) is 4. The lowest BCUT2D eigenvalue weighted by Crippen LogP contribution is -2.02. The minimum atomic E-state index is 0.681. The molecule has 4 N–H and O–H groups in total. The van der Waals surface area contributed by atoms with Gasteiger partial charge >= 0.3 is 0 Å². The fourth-order valence-corrected chi connectivity index (χ4v) is 2.52. The summed E-state index contributed by atoms with van der Waals surface area (Å²) in [5, 5.41) is 0. The van der Waals surface area contributed by atoms with E-state index < -0.39 is 0 Å². The molecule has 0 amide bonds. The third-order valence-electron chi connectivity index (χ3n) is 4.08. The molecule has 0 saturated heterocycles. The second-order valence-corrected chi connectivity index (χ2v) is 6.33. The van der Waals surface area contributed by atoms with Gasteiger partial charge in [-0.15, -0.1) is 0 Å². The molecule has 0 aliphatic carbocycles. The number of benzene rings is 2. The van der Waals surface area contributed by atoms with E-state index in [9.17, 15) is 0 Å². The molecule has 2 aromatic rings. The van der Waals surface area contributed by atoms with Gasteiger partial charge in [-0.05, 0) is 54.7 Å². The van der Waals surface area contributed by atoms with Crippen LogP contribution in [-0.4, -0.2) is 13.2 Å². The highest BCUT2D eigenvalue weighted by atomic mass is 16.5. The lowest BCUT2D eigenvalue weighted by atomic mass is 10.0. The molecule has 0 saturated carbocycles. The van der Waals surface area contributed by atoms with Crippen molar-refractivity contribution in [2.75, 3.05) is 24.7 Å². The molecule has 0 heterocycles. The Balaban J connectivity index is 2.08. The van der Waals surface area contributed by atoms with Crippen LogP contribution in [0.4, 0.5) is 11.4 Å². The fourth-order valence-electron chi connectivity index (χ4n) is 2.52. The number of unbranched alkanes of at least 4 members (excludes halogenated alkanes) is 2. The zero-order chi connectivity index (χ0) is 18.1. The molecular formula is C21H30N2O2. The maximum atomic E-state index is 6.02. The highest BCUT2D eigenvalue weighted by Crippen LogP contribution is 2.27. The van der Waals surface area contributed by atoms with E-state index in [-0.39, 0.29) is 0 Å². The smallest absolute Gasteiger partial charge is 0.142 e. The van der Waals surface area contributed by atoms with Gasteiger partial charge in [0.15, 0.2) is 0 Å². The van der Waals surface area contributed by atoms with E-state index in [4.69, 9.17) is 20.9 Å². The largest absolute Gasteiger partial charge is 0.491 e. The van der Waals surface area contributed by atoms with Gasteiger partial charge in [0.2, 0.25) is 0 Å². The molecule has 25 heavy (non-hydrogen) atoms. The molecule has 4 nitrogen and oxygen atoms in total. The summed E-state index contributed by atoms with van der Waals surface area (Å²) in [4.78, 5) is 0. The van der Waals surface area contributed by atoms with Crippen LogP contribution >= 0.6 is 0 Å². The molecule has 0 spiro atoms. The van der Waals surface area contributed by atoms with Crippen LogP contribution in [0.5, 0.6) is 11.5 Å². The zero-order valence-corrected chi connectivity index (χ0v) is 15.4. The summed E-state index contributed by atoms with van der Waals surface area (Å²) in [6.07, 6.45) is 5.05. The molecule has 2 rings (SSSR count). The Bertz CT molecular complexity index is 613. The quantitative estimate of drug-likeness (QED) is 0.480. The van der Waals surface area contributed by atoms with E-state index in [0.29, 0.717) is 24.6 Å². The predicted molar refractivity (Wildman–Crippen MR) is 105 cm³/mol. The Hall–Kier alpha value is -2.36. The van der Waals surface area contributed by atoms with E-state index in [2.05, 4.69) is 13.8 Å². The molecule has 4 heteroatoms. The molecule has 0 unspecified atom stereocenters. The maximum absolute atomic E-state index is 6.02. The van der Waals surface area contributed by atoms with Crippen molar-refractivity contribution in [2.24, 2.45) is 0 Å². The number of nitrogen functional groups attached to an aromatic ring is 2. The molecule has 0 aliphatic rings. The van der Waals surface area contributed by atoms with Crippen molar-refractivity contribution in [3.05, 3.63) is 47.5 Å². The standard InChI is InChI=1S/C21H30N2O2/c1-3-5-11-24-20-14-16(7-9-18(20)22)13-17-8-10-19(23)21(15-17)25-12-6-4-2/h7-10,14-15H,3-6,11-13,22-23H2,1-2H3. The highest BCUT2D eigenvalue weighted by molar-refractivity contribution is 5.56. The average Bonchev–Trinajstić information content (AvgIpc) is 2.61. The summed E-state index contributed by atoms with van der Waals surface area (Å²) in [6, 6.07) is 11.9. The summed E-state index contributed by atoms with van der Waals surface area (Å²) >= 11 is 0. The number of hydrogen-bond donors (Lipinski definition) is 2. The monoisotopic (exact) mass is 342 g/mol. The molecule has 136 valence electrons. The molecule has 0 aromatic heterocycles. The first-order valence-corrected chi connectivity index (χ1v) is 9.16. The van der Waals surface area contributed by atoms with Crippen molar-refractivity contribution < 1.29 is 9.47 Å². The first kappa shape index (κ1) is 19.0. The van der Waals surface area contributed by atoms with Gasteiger partial charge in [0.1, 0.15) is 11.5 Å². The number of ether oxygens (including phenoxy) is 2. The van der Waals surface area contributed by atoms with Crippen molar-refractivity contribution in [1.29, 1.82) is 0 Å². The van der Waals surface area contributed by atoms with Gasteiger partial charge in [0.25, 0.3) is 0 Å². The van der Waals surface area contributed by atoms with E-state index >= 15 is 0 Å². The molecule has 2 aromatic carbocycles. The van der Waals surface area contributed by atoms with Crippen LogP contribution in [0.3, 0.4) is 0 Å². The Morgan fingerprint density at radius 3 is 1.56 bits per heavy atom. The maximum Gasteiger partial charge on any atom is 0.142 e.